The molecule has 1 aromatic heterocycles. The predicted octanol–water partition coefficient (Wildman–Crippen LogP) is 3.35. The maximum absolute atomic E-state index is 8.96. The maximum atomic E-state index is 8.96. The van der Waals surface area contributed by atoms with Crippen LogP contribution in [0.5, 0.6) is 0 Å². The first-order valence-electron chi connectivity index (χ1n) is 7.55. The largest absolute Gasteiger partial charge is 0.337 e. The summed E-state index contributed by atoms with van der Waals surface area (Å²) in [6, 6.07) is 2.35. The summed E-state index contributed by atoms with van der Waals surface area (Å²) in [7, 11) is 0. The van der Waals surface area contributed by atoms with Crippen molar-refractivity contribution in [2.75, 3.05) is 6.54 Å². The molecule has 20 heavy (non-hydrogen) atoms. The number of aromatic nitrogens is 2. The molecule has 1 N–H and O–H groups in total. The van der Waals surface area contributed by atoms with Crippen molar-refractivity contribution in [2.45, 2.75) is 60.0 Å². The Bertz CT molecular complexity index is 426. The van der Waals surface area contributed by atoms with Crippen molar-refractivity contribution >= 4 is 0 Å². The molecule has 0 spiro atoms. The molecule has 0 aliphatic rings. The van der Waals surface area contributed by atoms with Gasteiger partial charge in [-0.25, -0.2) is 4.98 Å². The minimum atomic E-state index is -0.194. The maximum Gasteiger partial charge on any atom is 0.0949 e. The summed E-state index contributed by atoms with van der Waals surface area (Å²) < 4.78 is 2.14. The Hall–Kier alpha value is -1.34. The van der Waals surface area contributed by atoms with Crippen molar-refractivity contribution < 1.29 is 0 Å². The topological polar surface area (TPSA) is 53.6 Å². The molecule has 0 atom stereocenters. The summed E-state index contributed by atoms with van der Waals surface area (Å²) in [4.78, 5) is 4.40. The van der Waals surface area contributed by atoms with Gasteiger partial charge in [-0.3, -0.25) is 0 Å². The Morgan fingerprint density at radius 2 is 2.15 bits per heavy atom. The van der Waals surface area contributed by atoms with E-state index < -0.39 is 0 Å². The summed E-state index contributed by atoms with van der Waals surface area (Å²) in [5, 5.41) is 12.4. The Morgan fingerprint density at radius 1 is 1.40 bits per heavy atom. The van der Waals surface area contributed by atoms with Crippen LogP contribution < -0.4 is 5.32 Å². The Balaban J connectivity index is 2.22. The summed E-state index contributed by atoms with van der Waals surface area (Å²) in [6.45, 7) is 11.3. The molecule has 112 valence electrons. The number of nitrogens with zero attached hydrogens (tertiary/aromatic N) is 3. The molecule has 0 saturated carbocycles. The van der Waals surface area contributed by atoms with Gasteiger partial charge < -0.3 is 9.88 Å². The molecule has 0 saturated heterocycles. The lowest BCUT2D eigenvalue weighted by Crippen LogP contribution is -2.19. The zero-order chi connectivity index (χ0) is 15.0. The fourth-order valence-electron chi connectivity index (χ4n) is 2.03. The summed E-state index contributed by atoms with van der Waals surface area (Å²) >= 11 is 0. The molecule has 1 heterocycles. The summed E-state index contributed by atoms with van der Waals surface area (Å²) in [6.07, 6.45) is 7.16. The highest BCUT2D eigenvalue weighted by Gasteiger charge is 2.15. The van der Waals surface area contributed by atoms with E-state index in [4.69, 9.17) is 5.26 Å². The number of hydrogen-bond donors (Lipinski definition) is 1. The van der Waals surface area contributed by atoms with Crippen LogP contribution >= 0.6 is 0 Å². The monoisotopic (exact) mass is 276 g/mol. The van der Waals surface area contributed by atoms with Crippen LogP contribution in [0.1, 0.15) is 52.7 Å². The summed E-state index contributed by atoms with van der Waals surface area (Å²) in [5.41, 5.74) is 0.906. The van der Waals surface area contributed by atoms with Crippen molar-refractivity contribution in [2.24, 2.45) is 11.3 Å². The van der Waals surface area contributed by atoms with Crippen LogP contribution in [0.15, 0.2) is 12.5 Å². The van der Waals surface area contributed by atoms with Crippen LogP contribution in [0.2, 0.25) is 0 Å². The normalized spacial score (nSPS) is 11.8. The lowest BCUT2D eigenvalue weighted by Gasteiger charge is -2.14. The molecule has 0 radical (unpaired) electrons. The van der Waals surface area contributed by atoms with Crippen molar-refractivity contribution in [3.8, 4) is 6.07 Å². The average Bonchev–Trinajstić information content (AvgIpc) is 2.82. The molecule has 0 fully saturated rings. The Kier molecular flexibility index (Phi) is 6.74. The third-order valence-electron chi connectivity index (χ3n) is 3.32. The zero-order valence-corrected chi connectivity index (χ0v) is 13.3. The lowest BCUT2D eigenvalue weighted by molar-refractivity contribution is 0.417. The number of imidazole rings is 1. The van der Waals surface area contributed by atoms with Gasteiger partial charge in [-0.1, -0.05) is 20.3 Å². The Morgan fingerprint density at radius 3 is 2.80 bits per heavy atom. The van der Waals surface area contributed by atoms with Gasteiger partial charge in [0.05, 0.1) is 23.5 Å². The molecule has 0 bridgehead atoms. The number of hydrogen-bond acceptors (Lipinski definition) is 3. The number of aryl methyl sites for hydroxylation is 1. The van der Waals surface area contributed by atoms with Crippen LogP contribution in [0.25, 0.3) is 0 Å². The highest BCUT2D eigenvalue weighted by molar-refractivity contribution is 4.96. The van der Waals surface area contributed by atoms with Gasteiger partial charge in [-0.05, 0) is 39.2 Å². The SMILES string of the molecule is CC(C)CNCc1cn(CCCCC(C)(C)C#N)cn1. The lowest BCUT2D eigenvalue weighted by atomic mass is 9.89. The van der Waals surface area contributed by atoms with Gasteiger partial charge in [0.1, 0.15) is 0 Å². The number of unbranched alkanes of at least 4 members (excludes halogenated alkanes) is 1. The molecule has 4 heteroatoms. The zero-order valence-electron chi connectivity index (χ0n) is 13.3. The second-order valence-electron chi connectivity index (χ2n) is 6.58. The van der Waals surface area contributed by atoms with E-state index in [9.17, 15) is 0 Å². The third-order valence-corrected chi connectivity index (χ3v) is 3.32. The van der Waals surface area contributed by atoms with E-state index in [1.54, 1.807) is 0 Å². The van der Waals surface area contributed by atoms with Gasteiger partial charge in [0.2, 0.25) is 0 Å². The van der Waals surface area contributed by atoms with E-state index in [1.807, 2.05) is 20.2 Å². The first-order valence-corrected chi connectivity index (χ1v) is 7.55. The molecular weight excluding hydrogens is 248 g/mol. The molecule has 4 nitrogen and oxygen atoms in total. The fourth-order valence-corrected chi connectivity index (χ4v) is 2.03. The molecule has 0 aliphatic heterocycles. The van der Waals surface area contributed by atoms with Gasteiger partial charge in [0.25, 0.3) is 0 Å². The second kappa shape index (κ2) is 8.06. The number of rotatable bonds is 9. The summed E-state index contributed by atoms with van der Waals surface area (Å²) in [5.74, 6) is 0.667. The third kappa shape index (κ3) is 6.72. The van der Waals surface area contributed by atoms with E-state index in [2.05, 4.69) is 41.0 Å². The highest BCUT2D eigenvalue weighted by Crippen LogP contribution is 2.21. The van der Waals surface area contributed by atoms with Crippen LogP contribution in [-0.4, -0.2) is 16.1 Å². The molecule has 0 aromatic carbocycles. The van der Waals surface area contributed by atoms with E-state index in [0.29, 0.717) is 5.92 Å². The van der Waals surface area contributed by atoms with E-state index in [1.165, 1.54) is 0 Å². The van der Waals surface area contributed by atoms with Crippen molar-refractivity contribution in [3.05, 3.63) is 18.2 Å². The minimum absolute atomic E-state index is 0.194. The standard InChI is InChI=1S/C16H28N4/c1-14(2)9-18-10-15-11-20(13-19-15)8-6-5-7-16(3,4)12-17/h11,13-14,18H,5-10H2,1-4H3. The van der Waals surface area contributed by atoms with E-state index in [0.717, 1.165) is 44.6 Å². The molecule has 0 aliphatic carbocycles. The minimum Gasteiger partial charge on any atom is -0.337 e. The molecule has 1 aromatic rings. The molecule has 1 rings (SSSR count). The fraction of sp³-hybridized carbons (Fsp3) is 0.750. The van der Waals surface area contributed by atoms with Crippen molar-refractivity contribution in [3.63, 3.8) is 0 Å². The van der Waals surface area contributed by atoms with Gasteiger partial charge >= 0.3 is 0 Å². The molecular formula is C16H28N4. The van der Waals surface area contributed by atoms with E-state index in [-0.39, 0.29) is 5.41 Å². The van der Waals surface area contributed by atoms with Gasteiger partial charge in [0, 0.05) is 19.3 Å². The quantitative estimate of drug-likeness (QED) is 0.704. The van der Waals surface area contributed by atoms with Crippen LogP contribution in [0.3, 0.4) is 0 Å². The Labute approximate surface area is 123 Å². The van der Waals surface area contributed by atoms with Crippen LogP contribution in [0.4, 0.5) is 0 Å². The first kappa shape index (κ1) is 16.7. The van der Waals surface area contributed by atoms with Crippen molar-refractivity contribution in [1.82, 2.24) is 14.9 Å². The predicted molar refractivity (Wildman–Crippen MR) is 82.0 cm³/mol. The van der Waals surface area contributed by atoms with E-state index >= 15 is 0 Å². The van der Waals surface area contributed by atoms with Crippen molar-refractivity contribution in [1.29, 1.82) is 5.26 Å². The average molecular weight is 276 g/mol. The van der Waals surface area contributed by atoms with Crippen LogP contribution in [0, 0.1) is 22.7 Å². The number of nitrogens with one attached hydrogen (secondary N) is 1. The molecule has 0 amide bonds. The van der Waals surface area contributed by atoms with Gasteiger partial charge in [-0.15, -0.1) is 0 Å². The van der Waals surface area contributed by atoms with Gasteiger partial charge in [-0.2, -0.15) is 5.26 Å². The smallest absolute Gasteiger partial charge is 0.0949 e. The highest BCUT2D eigenvalue weighted by atomic mass is 15.0. The van der Waals surface area contributed by atoms with Crippen LogP contribution in [-0.2, 0) is 13.1 Å². The number of nitriles is 1. The first-order chi connectivity index (χ1) is 9.43. The van der Waals surface area contributed by atoms with Gasteiger partial charge in [0.15, 0.2) is 0 Å². The second-order valence-corrected chi connectivity index (χ2v) is 6.58. The molecule has 0 unspecified atom stereocenters.